The number of carbonyl (C=O) groups excluding carboxylic acids is 1. The molecular formula is C41H60O14. The molecule has 3 saturated carbocycles. The summed E-state index contributed by atoms with van der Waals surface area (Å²) in [5, 5.41) is 72.9. The third kappa shape index (κ3) is 6.96. The van der Waals surface area contributed by atoms with Gasteiger partial charge in [-0.2, -0.15) is 0 Å². The maximum absolute atomic E-state index is 13.5. The molecule has 18 atom stereocenters. The summed E-state index contributed by atoms with van der Waals surface area (Å²) in [6.07, 6.45) is -6.96. The van der Waals surface area contributed by atoms with E-state index in [0.717, 1.165) is 49.2 Å². The van der Waals surface area contributed by atoms with E-state index in [9.17, 15) is 40.5 Å². The van der Waals surface area contributed by atoms with Gasteiger partial charge in [-0.15, -0.1) is 0 Å². The number of rotatable bonds is 10. The van der Waals surface area contributed by atoms with Crippen LogP contribution in [0.1, 0.15) is 77.2 Å². The Morgan fingerprint density at radius 3 is 2.20 bits per heavy atom. The lowest BCUT2D eigenvalue weighted by Gasteiger charge is -2.58. The first-order valence-corrected chi connectivity index (χ1v) is 19.9. The van der Waals surface area contributed by atoms with Gasteiger partial charge in [0.25, 0.3) is 0 Å². The van der Waals surface area contributed by atoms with Gasteiger partial charge in [-0.1, -0.05) is 25.5 Å². The average Bonchev–Trinajstić information content (AvgIpc) is 3.50. The summed E-state index contributed by atoms with van der Waals surface area (Å²) >= 11 is 0. The van der Waals surface area contributed by atoms with Crippen LogP contribution in [-0.4, -0.2) is 136 Å². The predicted molar refractivity (Wildman–Crippen MR) is 195 cm³/mol. The number of aliphatic hydroxyl groups excluding tert-OH is 7. The Kier molecular flexibility index (Phi) is 11.8. The third-order valence-corrected chi connectivity index (χ3v) is 14.7. The summed E-state index contributed by atoms with van der Waals surface area (Å²) in [7, 11) is 3.33. The molecule has 0 spiro atoms. The van der Waals surface area contributed by atoms with Gasteiger partial charge in [0.05, 0.1) is 33.5 Å². The number of ketones is 1. The van der Waals surface area contributed by atoms with Gasteiger partial charge in [-0.25, -0.2) is 0 Å². The van der Waals surface area contributed by atoms with Gasteiger partial charge in [-0.3, -0.25) is 4.79 Å². The smallest absolute Gasteiger partial charge is 0.187 e. The Labute approximate surface area is 322 Å². The van der Waals surface area contributed by atoms with Crippen LogP contribution >= 0.6 is 0 Å². The molecule has 1 aromatic carbocycles. The van der Waals surface area contributed by atoms with Gasteiger partial charge in [0.15, 0.2) is 12.6 Å². The van der Waals surface area contributed by atoms with Gasteiger partial charge in [-0.05, 0) is 105 Å². The molecule has 308 valence electrons. The molecule has 5 fully saturated rings. The van der Waals surface area contributed by atoms with E-state index in [1.54, 1.807) is 21.1 Å². The Balaban J connectivity index is 1.04. The summed E-state index contributed by atoms with van der Waals surface area (Å²) in [6, 6.07) is 5.88. The highest BCUT2D eigenvalue weighted by molar-refractivity contribution is 5.81. The van der Waals surface area contributed by atoms with Crippen molar-refractivity contribution >= 4 is 5.78 Å². The molecule has 6 aliphatic rings. The largest absolute Gasteiger partial charge is 0.497 e. The van der Waals surface area contributed by atoms with Crippen LogP contribution in [0.25, 0.3) is 0 Å². The van der Waals surface area contributed by atoms with E-state index < -0.39 is 74.6 Å². The summed E-state index contributed by atoms with van der Waals surface area (Å²) in [5.41, 5.74) is 2.15. The van der Waals surface area contributed by atoms with Gasteiger partial charge >= 0.3 is 0 Å². The summed E-state index contributed by atoms with van der Waals surface area (Å²) in [6.45, 7) is 5.15. The second-order valence-electron chi connectivity index (χ2n) is 17.3. The molecule has 7 N–H and O–H groups in total. The molecule has 14 heteroatoms. The zero-order valence-corrected chi connectivity index (χ0v) is 32.4. The van der Waals surface area contributed by atoms with E-state index in [-0.39, 0.29) is 34.6 Å². The van der Waals surface area contributed by atoms with E-state index in [4.69, 9.17) is 28.4 Å². The van der Waals surface area contributed by atoms with E-state index in [0.29, 0.717) is 30.6 Å². The molecule has 7 rings (SSSR count). The molecule has 1 aromatic rings. The second kappa shape index (κ2) is 15.9. The molecule has 2 saturated heterocycles. The fourth-order valence-electron chi connectivity index (χ4n) is 11.8. The van der Waals surface area contributed by atoms with Gasteiger partial charge in [0.2, 0.25) is 0 Å². The standard InChI is InChI=1S/C41H60O14/c1-19(44)31-25(24-15-21(50-4)7-9-28(24)51-5)16-27-23-8-6-20-14-22(10-12-40(20,2)26(23)11-13-41(27,31)3)52-38-36(49)34(47)37(30(18-43)54-38)55-39-35(48)33(46)32(45)29(17-42)53-39/h6-7,9,15,22-23,25-27,29-39,42-43,45-49H,8,10-14,16-18H2,1-5H3/t22-,23+,25-,26-,27-,29+,30+,31-,32-,33-,34+,35+,36+,37+,38-,39-,40-,41-/m0/s1. The first kappa shape index (κ1) is 41.0. The predicted octanol–water partition coefficient (Wildman–Crippen LogP) is 1.57. The number of fused-ring (bicyclic) bond motifs is 5. The number of aliphatic hydroxyl groups is 7. The minimum absolute atomic E-state index is 0.0286. The highest BCUT2D eigenvalue weighted by atomic mass is 16.7. The fourth-order valence-corrected chi connectivity index (χ4v) is 11.8. The molecule has 14 nitrogen and oxygen atoms in total. The van der Waals surface area contributed by atoms with Crippen molar-refractivity contribution in [2.24, 2.45) is 34.5 Å². The molecule has 0 bridgehead atoms. The fraction of sp³-hybridized carbons (Fsp3) is 0.780. The number of hydrogen-bond acceptors (Lipinski definition) is 14. The number of ether oxygens (including phenoxy) is 6. The lowest BCUT2D eigenvalue weighted by atomic mass is 9.47. The summed E-state index contributed by atoms with van der Waals surface area (Å²) in [5.74, 6) is 2.87. The van der Waals surface area contributed by atoms with Crippen LogP contribution in [0.15, 0.2) is 29.8 Å². The third-order valence-electron chi connectivity index (χ3n) is 14.7. The van der Waals surface area contributed by atoms with Crippen molar-refractivity contribution < 1.29 is 69.0 Å². The van der Waals surface area contributed by atoms with E-state index in [1.807, 2.05) is 18.2 Å². The van der Waals surface area contributed by atoms with Crippen molar-refractivity contribution in [1.29, 1.82) is 0 Å². The van der Waals surface area contributed by atoms with Gasteiger partial charge < -0.3 is 64.2 Å². The second-order valence-corrected chi connectivity index (χ2v) is 17.3. The molecule has 55 heavy (non-hydrogen) atoms. The van der Waals surface area contributed by atoms with Crippen LogP contribution < -0.4 is 9.47 Å². The molecule has 0 radical (unpaired) electrons. The first-order valence-electron chi connectivity index (χ1n) is 19.9. The normalized spacial score (nSPS) is 46.9. The van der Waals surface area contributed by atoms with Crippen molar-refractivity contribution in [3.63, 3.8) is 0 Å². The Morgan fingerprint density at radius 2 is 1.53 bits per heavy atom. The average molecular weight is 777 g/mol. The van der Waals surface area contributed by atoms with E-state index in [1.165, 1.54) is 5.57 Å². The summed E-state index contributed by atoms with van der Waals surface area (Å²) in [4.78, 5) is 13.5. The van der Waals surface area contributed by atoms with E-state index >= 15 is 0 Å². The highest BCUT2D eigenvalue weighted by Crippen LogP contribution is 2.69. The number of methoxy groups -OCH3 is 2. The minimum atomic E-state index is -1.74. The van der Waals surface area contributed by atoms with Crippen LogP contribution in [0.5, 0.6) is 11.5 Å². The topological polar surface area (TPSA) is 214 Å². The Morgan fingerprint density at radius 1 is 0.836 bits per heavy atom. The zero-order valence-electron chi connectivity index (χ0n) is 32.4. The Bertz CT molecular complexity index is 1570. The van der Waals surface area contributed by atoms with E-state index in [2.05, 4.69) is 19.9 Å². The van der Waals surface area contributed by atoms with Gasteiger partial charge in [0, 0.05) is 11.5 Å². The maximum atomic E-state index is 13.5. The number of allylic oxidation sites excluding steroid dienone is 1. The highest BCUT2D eigenvalue weighted by Gasteiger charge is 2.63. The molecular weight excluding hydrogens is 716 g/mol. The summed E-state index contributed by atoms with van der Waals surface area (Å²) < 4.78 is 34.9. The number of hydrogen-bond donors (Lipinski definition) is 7. The van der Waals surface area contributed by atoms with Crippen molar-refractivity contribution in [2.75, 3.05) is 27.4 Å². The maximum Gasteiger partial charge on any atom is 0.187 e. The minimum Gasteiger partial charge on any atom is -0.497 e. The van der Waals surface area contributed by atoms with Crippen molar-refractivity contribution in [2.45, 2.75) is 139 Å². The SMILES string of the molecule is COc1ccc(OC)c([C@@H]2C[C@H]3[C@@H]4CC=C5C[C@@H](O[C@H]6O[C@H](CO)[C@@H](O[C@@H]7O[C@H](CO)[C@H](O)[C@H](O)[C@H]7O)[C@H](O)[C@H]6O)CC[C@]5(C)[C@H]4CC[C@]3(C)[C@H]2C(C)=O)c1. The quantitative estimate of drug-likeness (QED) is 0.168. The monoisotopic (exact) mass is 776 g/mol. The Hall–Kier alpha value is -2.21. The molecule has 2 aliphatic heterocycles. The number of benzene rings is 1. The van der Waals surface area contributed by atoms with Crippen LogP contribution in [0, 0.1) is 34.5 Å². The number of Topliss-reactive ketones (excluding diaryl/α,β-unsaturated/α-hetero) is 1. The lowest BCUT2D eigenvalue weighted by molar-refractivity contribution is -0.363. The molecule has 0 amide bonds. The zero-order chi connectivity index (χ0) is 39.6. The van der Waals surface area contributed by atoms with Crippen molar-refractivity contribution in [3.8, 4) is 11.5 Å². The molecule has 0 unspecified atom stereocenters. The van der Waals surface area contributed by atoms with Crippen LogP contribution in [0.2, 0.25) is 0 Å². The number of carbonyl (C=O) groups is 1. The lowest BCUT2D eigenvalue weighted by Crippen LogP contribution is -2.65. The van der Waals surface area contributed by atoms with Crippen LogP contribution in [0.4, 0.5) is 0 Å². The molecule has 4 aliphatic carbocycles. The van der Waals surface area contributed by atoms with Gasteiger partial charge in [0.1, 0.15) is 66.1 Å². The molecule has 2 heterocycles. The van der Waals surface area contributed by atoms with Crippen LogP contribution in [-0.2, 0) is 23.7 Å². The van der Waals surface area contributed by atoms with Crippen LogP contribution in [0.3, 0.4) is 0 Å². The van der Waals surface area contributed by atoms with Crippen molar-refractivity contribution in [1.82, 2.24) is 0 Å². The molecule has 0 aromatic heterocycles. The first-order chi connectivity index (χ1) is 26.2. The van der Waals surface area contributed by atoms with Crippen molar-refractivity contribution in [3.05, 3.63) is 35.4 Å².